The van der Waals surface area contributed by atoms with Gasteiger partial charge in [0.25, 0.3) is 0 Å². The van der Waals surface area contributed by atoms with Crippen molar-refractivity contribution in [3.8, 4) is 17.0 Å². The van der Waals surface area contributed by atoms with Crippen LogP contribution in [0.15, 0.2) is 24.3 Å². The third kappa shape index (κ3) is 2.87. The van der Waals surface area contributed by atoms with Crippen LogP contribution in [-0.4, -0.2) is 15.9 Å². The fourth-order valence-corrected chi connectivity index (χ4v) is 1.93. The summed E-state index contributed by atoms with van der Waals surface area (Å²) in [6.45, 7) is 1.93. The average Bonchev–Trinajstić information content (AvgIpc) is 2.64. The summed E-state index contributed by atoms with van der Waals surface area (Å²) in [5.74, 6) is 0.878. The number of halogens is 3. The van der Waals surface area contributed by atoms with E-state index in [9.17, 15) is 13.2 Å². The van der Waals surface area contributed by atoms with Crippen LogP contribution in [0.5, 0.6) is 5.75 Å². The Hall–Kier alpha value is -2.18. The summed E-state index contributed by atoms with van der Waals surface area (Å²) in [4.78, 5) is 4.34. The Bertz CT molecular complexity index is 620. The monoisotopic (exact) mass is 285 g/mol. The number of nitrogen functional groups attached to an aromatic ring is 1. The normalized spacial score (nSPS) is 11.7. The standard InChI is InChI=1S/C13H14F3N3O/c1-3-10-18-11(12(17)19(10)2)8-5-4-6-9(7-8)20-13(14,15)16/h4-7H,3,17H2,1-2H3. The number of aryl methyl sites for hydroxylation is 1. The smallest absolute Gasteiger partial charge is 0.406 e. The van der Waals surface area contributed by atoms with Gasteiger partial charge in [-0.05, 0) is 12.1 Å². The van der Waals surface area contributed by atoms with E-state index >= 15 is 0 Å². The maximum Gasteiger partial charge on any atom is 0.573 e. The first-order chi connectivity index (χ1) is 9.31. The van der Waals surface area contributed by atoms with Gasteiger partial charge >= 0.3 is 6.36 Å². The van der Waals surface area contributed by atoms with Crippen LogP contribution >= 0.6 is 0 Å². The molecule has 1 heterocycles. The van der Waals surface area contributed by atoms with Crippen molar-refractivity contribution in [3.05, 3.63) is 30.1 Å². The molecule has 2 N–H and O–H groups in total. The van der Waals surface area contributed by atoms with Crippen LogP contribution in [0.2, 0.25) is 0 Å². The molecule has 0 aliphatic heterocycles. The molecule has 0 unspecified atom stereocenters. The molecule has 0 bridgehead atoms. The minimum atomic E-state index is -4.72. The molecular formula is C13H14F3N3O. The summed E-state index contributed by atoms with van der Waals surface area (Å²) in [6, 6.07) is 5.61. The summed E-state index contributed by atoms with van der Waals surface area (Å²) < 4.78 is 42.2. The predicted octanol–water partition coefficient (Wildman–Crippen LogP) is 3.13. The molecule has 0 aliphatic rings. The van der Waals surface area contributed by atoms with Crippen LogP contribution in [0.3, 0.4) is 0 Å². The number of alkyl halides is 3. The third-order valence-electron chi connectivity index (χ3n) is 2.89. The fraction of sp³-hybridized carbons (Fsp3) is 0.308. The van der Waals surface area contributed by atoms with Crippen molar-refractivity contribution in [2.45, 2.75) is 19.7 Å². The summed E-state index contributed by atoms with van der Waals surface area (Å²) in [6.07, 6.45) is -4.04. The van der Waals surface area contributed by atoms with E-state index in [1.807, 2.05) is 6.92 Å². The van der Waals surface area contributed by atoms with E-state index in [0.29, 0.717) is 23.5 Å². The summed E-state index contributed by atoms with van der Waals surface area (Å²) in [5.41, 5.74) is 6.87. The molecule has 7 heteroatoms. The van der Waals surface area contributed by atoms with Crippen LogP contribution in [0, 0.1) is 0 Å². The molecule has 0 radical (unpaired) electrons. The number of imidazole rings is 1. The topological polar surface area (TPSA) is 53.1 Å². The highest BCUT2D eigenvalue weighted by atomic mass is 19.4. The molecule has 20 heavy (non-hydrogen) atoms. The molecule has 0 amide bonds. The highest BCUT2D eigenvalue weighted by Gasteiger charge is 2.31. The van der Waals surface area contributed by atoms with Gasteiger partial charge in [0.15, 0.2) is 0 Å². The lowest BCUT2D eigenvalue weighted by molar-refractivity contribution is -0.274. The first-order valence-electron chi connectivity index (χ1n) is 5.99. The van der Waals surface area contributed by atoms with E-state index in [-0.39, 0.29) is 5.75 Å². The van der Waals surface area contributed by atoms with E-state index in [0.717, 1.165) is 5.82 Å². The molecular weight excluding hydrogens is 271 g/mol. The van der Waals surface area contributed by atoms with Gasteiger partial charge < -0.3 is 15.0 Å². The van der Waals surface area contributed by atoms with Crippen LogP contribution in [0.4, 0.5) is 19.0 Å². The van der Waals surface area contributed by atoms with Gasteiger partial charge in [0.05, 0.1) is 0 Å². The Morgan fingerprint density at radius 1 is 1.35 bits per heavy atom. The van der Waals surface area contributed by atoms with Gasteiger partial charge in [0, 0.05) is 19.0 Å². The van der Waals surface area contributed by atoms with Crippen LogP contribution in [0.1, 0.15) is 12.7 Å². The molecule has 0 spiro atoms. The first-order valence-corrected chi connectivity index (χ1v) is 5.99. The lowest BCUT2D eigenvalue weighted by atomic mass is 10.1. The summed E-state index contributed by atoms with van der Waals surface area (Å²) >= 11 is 0. The van der Waals surface area contributed by atoms with Crippen molar-refractivity contribution in [1.29, 1.82) is 0 Å². The maximum absolute atomic E-state index is 12.2. The van der Waals surface area contributed by atoms with Crippen LogP contribution < -0.4 is 10.5 Å². The second-order valence-corrected chi connectivity index (χ2v) is 4.25. The summed E-state index contributed by atoms with van der Waals surface area (Å²) in [5, 5.41) is 0. The number of anilines is 1. The number of rotatable bonds is 3. The molecule has 1 aromatic carbocycles. The molecule has 0 saturated heterocycles. The van der Waals surface area contributed by atoms with E-state index in [1.165, 1.54) is 18.2 Å². The molecule has 1 aromatic heterocycles. The average molecular weight is 285 g/mol. The lowest BCUT2D eigenvalue weighted by Crippen LogP contribution is -2.17. The molecule has 0 atom stereocenters. The second kappa shape index (κ2) is 5.07. The van der Waals surface area contributed by atoms with Crippen molar-refractivity contribution in [2.75, 3.05) is 5.73 Å². The van der Waals surface area contributed by atoms with Gasteiger partial charge in [-0.2, -0.15) is 0 Å². The molecule has 2 rings (SSSR count). The highest BCUT2D eigenvalue weighted by Crippen LogP contribution is 2.30. The Balaban J connectivity index is 2.41. The zero-order valence-electron chi connectivity index (χ0n) is 11.0. The minimum Gasteiger partial charge on any atom is -0.406 e. The Morgan fingerprint density at radius 3 is 2.60 bits per heavy atom. The number of benzene rings is 1. The number of nitrogens with two attached hydrogens (primary N) is 1. The molecule has 2 aromatic rings. The van der Waals surface area contributed by atoms with Gasteiger partial charge in [-0.15, -0.1) is 13.2 Å². The highest BCUT2D eigenvalue weighted by molar-refractivity contribution is 5.72. The van der Waals surface area contributed by atoms with Crippen molar-refractivity contribution < 1.29 is 17.9 Å². The number of hydrogen-bond acceptors (Lipinski definition) is 3. The van der Waals surface area contributed by atoms with E-state index < -0.39 is 6.36 Å². The zero-order valence-corrected chi connectivity index (χ0v) is 11.0. The second-order valence-electron chi connectivity index (χ2n) is 4.25. The van der Waals surface area contributed by atoms with Crippen LogP contribution in [0.25, 0.3) is 11.3 Å². The molecule has 0 aliphatic carbocycles. The molecule has 0 fully saturated rings. The zero-order chi connectivity index (χ0) is 14.9. The predicted molar refractivity (Wildman–Crippen MR) is 69.1 cm³/mol. The van der Waals surface area contributed by atoms with Crippen LogP contribution in [-0.2, 0) is 13.5 Å². The van der Waals surface area contributed by atoms with Gasteiger partial charge in [-0.3, -0.25) is 0 Å². The fourth-order valence-electron chi connectivity index (χ4n) is 1.93. The van der Waals surface area contributed by atoms with Gasteiger partial charge in [0.1, 0.15) is 23.1 Å². The molecule has 0 saturated carbocycles. The van der Waals surface area contributed by atoms with Crippen molar-refractivity contribution in [3.63, 3.8) is 0 Å². The molecule has 108 valence electrons. The van der Waals surface area contributed by atoms with E-state index in [1.54, 1.807) is 17.7 Å². The molecule has 4 nitrogen and oxygen atoms in total. The number of nitrogens with zero attached hydrogens (tertiary/aromatic N) is 2. The Labute approximate surface area is 114 Å². The van der Waals surface area contributed by atoms with Gasteiger partial charge in [-0.25, -0.2) is 4.98 Å². The quantitative estimate of drug-likeness (QED) is 0.942. The maximum atomic E-state index is 12.2. The van der Waals surface area contributed by atoms with Crippen molar-refractivity contribution >= 4 is 5.82 Å². The number of aromatic nitrogens is 2. The lowest BCUT2D eigenvalue weighted by Gasteiger charge is -2.09. The SMILES string of the molecule is CCc1nc(-c2cccc(OC(F)(F)F)c2)c(N)n1C. The number of hydrogen-bond donors (Lipinski definition) is 1. The van der Waals surface area contributed by atoms with Crippen molar-refractivity contribution in [2.24, 2.45) is 7.05 Å². The Morgan fingerprint density at radius 2 is 2.05 bits per heavy atom. The van der Waals surface area contributed by atoms with Gasteiger partial charge in [0.2, 0.25) is 0 Å². The third-order valence-corrected chi connectivity index (χ3v) is 2.89. The first kappa shape index (κ1) is 14.2. The number of ether oxygens (including phenoxy) is 1. The minimum absolute atomic E-state index is 0.293. The van der Waals surface area contributed by atoms with Gasteiger partial charge in [-0.1, -0.05) is 19.1 Å². The van der Waals surface area contributed by atoms with Crippen molar-refractivity contribution in [1.82, 2.24) is 9.55 Å². The Kier molecular flexibility index (Phi) is 3.61. The summed E-state index contributed by atoms with van der Waals surface area (Å²) in [7, 11) is 1.76. The van der Waals surface area contributed by atoms with E-state index in [4.69, 9.17) is 5.73 Å². The van der Waals surface area contributed by atoms with E-state index in [2.05, 4.69) is 9.72 Å². The largest absolute Gasteiger partial charge is 0.573 e.